The normalized spacial score (nSPS) is 14.4. The Morgan fingerprint density at radius 1 is 1.69 bits per heavy atom. The van der Waals surface area contributed by atoms with Gasteiger partial charge in [0, 0.05) is 5.02 Å². The Bertz CT molecular complexity index is 420. The zero-order valence-corrected chi connectivity index (χ0v) is 9.71. The number of hydrogen-bond acceptors (Lipinski definition) is 4. The van der Waals surface area contributed by atoms with Crippen LogP contribution in [0.25, 0.3) is 0 Å². The third kappa shape index (κ3) is 2.18. The van der Waals surface area contributed by atoms with Crippen molar-refractivity contribution < 1.29 is 14.3 Å². The summed E-state index contributed by atoms with van der Waals surface area (Å²) in [5, 5.41) is 0.566. The van der Waals surface area contributed by atoms with E-state index in [0.717, 1.165) is 17.7 Å². The summed E-state index contributed by atoms with van der Waals surface area (Å²) in [6, 6.07) is 1.56. The minimum absolute atomic E-state index is 0.246. The van der Waals surface area contributed by atoms with Crippen LogP contribution >= 0.6 is 11.6 Å². The number of fused-ring (bicyclic) bond motifs is 1. The Morgan fingerprint density at radius 3 is 3.25 bits per heavy atom. The highest BCUT2D eigenvalue weighted by Crippen LogP contribution is 2.24. The second kappa shape index (κ2) is 4.80. The van der Waals surface area contributed by atoms with E-state index in [4.69, 9.17) is 21.1 Å². The van der Waals surface area contributed by atoms with Gasteiger partial charge in [-0.25, -0.2) is 9.78 Å². The van der Waals surface area contributed by atoms with Gasteiger partial charge in [0.1, 0.15) is 5.69 Å². The van der Waals surface area contributed by atoms with E-state index in [1.807, 2.05) is 0 Å². The van der Waals surface area contributed by atoms with Crippen molar-refractivity contribution >= 4 is 17.6 Å². The van der Waals surface area contributed by atoms with Gasteiger partial charge in [0.2, 0.25) is 0 Å². The van der Waals surface area contributed by atoms with Crippen LogP contribution in [0.5, 0.6) is 0 Å². The van der Waals surface area contributed by atoms with Gasteiger partial charge in [-0.1, -0.05) is 11.6 Å². The summed E-state index contributed by atoms with van der Waals surface area (Å²) in [6.45, 7) is 3.13. The zero-order valence-electron chi connectivity index (χ0n) is 8.96. The molecule has 0 fully saturated rings. The maximum Gasteiger partial charge on any atom is 0.356 e. The van der Waals surface area contributed by atoms with E-state index in [2.05, 4.69) is 4.98 Å². The summed E-state index contributed by atoms with van der Waals surface area (Å²) >= 11 is 6.09. The first-order valence-electron chi connectivity index (χ1n) is 5.15. The van der Waals surface area contributed by atoms with Gasteiger partial charge < -0.3 is 9.47 Å². The Balaban J connectivity index is 2.35. The van der Waals surface area contributed by atoms with Crippen molar-refractivity contribution in [1.29, 1.82) is 0 Å². The number of rotatable bonds is 2. The van der Waals surface area contributed by atoms with E-state index in [1.54, 1.807) is 13.0 Å². The highest BCUT2D eigenvalue weighted by Gasteiger charge is 2.18. The van der Waals surface area contributed by atoms with Gasteiger partial charge >= 0.3 is 5.97 Å². The number of hydrogen-bond donors (Lipinski definition) is 0. The molecule has 0 saturated carbocycles. The molecule has 1 aliphatic heterocycles. The van der Waals surface area contributed by atoms with Crippen molar-refractivity contribution in [1.82, 2.24) is 4.98 Å². The van der Waals surface area contributed by atoms with Gasteiger partial charge in [0.15, 0.2) is 0 Å². The Kier molecular flexibility index (Phi) is 3.41. The van der Waals surface area contributed by atoms with Crippen LogP contribution < -0.4 is 0 Å². The zero-order chi connectivity index (χ0) is 11.5. The Labute approximate surface area is 98.5 Å². The maximum absolute atomic E-state index is 11.5. The lowest BCUT2D eigenvalue weighted by molar-refractivity contribution is 0.0517. The molecule has 2 rings (SSSR count). The number of esters is 1. The fourth-order valence-corrected chi connectivity index (χ4v) is 1.93. The molecule has 4 nitrogen and oxygen atoms in total. The van der Waals surface area contributed by atoms with Crippen LogP contribution in [0, 0.1) is 0 Å². The molecule has 0 aromatic carbocycles. The van der Waals surface area contributed by atoms with Crippen molar-refractivity contribution in [2.24, 2.45) is 0 Å². The average molecular weight is 242 g/mol. The monoisotopic (exact) mass is 241 g/mol. The molecule has 16 heavy (non-hydrogen) atoms. The molecule has 1 aromatic rings. The molecule has 1 aromatic heterocycles. The molecule has 0 aliphatic carbocycles. The van der Waals surface area contributed by atoms with E-state index in [0.29, 0.717) is 24.8 Å². The average Bonchev–Trinajstić information content (AvgIpc) is 2.29. The Morgan fingerprint density at radius 2 is 2.50 bits per heavy atom. The molecule has 0 saturated heterocycles. The van der Waals surface area contributed by atoms with E-state index < -0.39 is 5.97 Å². The molecule has 0 unspecified atom stereocenters. The maximum atomic E-state index is 11.5. The molecule has 2 heterocycles. The molecule has 0 amide bonds. The number of ether oxygens (including phenoxy) is 2. The molecule has 0 bridgehead atoms. The molecule has 0 N–H and O–H groups in total. The highest BCUT2D eigenvalue weighted by molar-refractivity contribution is 6.31. The van der Waals surface area contributed by atoms with Gasteiger partial charge in [-0.05, 0) is 25.0 Å². The first-order valence-corrected chi connectivity index (χ1v) is 5.53. The number of aromatic nitrogens is 1. The van der Waals surface area contributed by atoms with Crippen LogP contribution in [-0.4, -0.2) is 24.2 Å². The number of pyridine rings is 1. The van der Waals surface area contributed by atoms with Crippen LogP contribution in [0.2, 0.25) is 5.02 Å². The lowest BCUT2D eigenvalue weighted by Crippen LogP contribution is -2.16. The summed E-state index contributed by atoms with van der Waals surface area (Å²) in [6.07, 6.45) is 0.740. The van der Waals surface area contributed by atoms with Gasteiger partial charge in [-0.2, -0.15) is 0 Å². The van der Waals surface area contributed by atoms with E-state index in [-0.39, 0.29) is 5.69 Å². The van der Waals surface area contributed by atoms with E-state index >= 15 is 0 Å². The quantitative estimate of drug-likeness (QED) is 0.743. The van der Waals surface area contributed by atoms with Crippen LogP contribution in [0.3, 0.4) is 0 Å². The fraction of sp³-hybridized carbons (Fsp3) is 0.455. The van der Waals surface area contributed by atoms with Gasteiger partial charge in [0.25, 0.3) is 0 Å². The third-order valence-corrected chi connectivity index (χ3v) is 2.71. The molecule has 0 radical (unpaired) electrons. The summed E-state index contributed by atoms with van der Waals surface area (Å²) in [5.41, 5.74) is 1.96. The second-order valence-electron chi connectivity index (χ2n) is 3.44. The van der Waals surface area contributed by atoms with Crippen molar-refractivity contribution in [3.05, 3.63) is 28.0 Å². The lowest BCUT2D eigenvalue weighted by Gasteiger charge is -2.17. The van der Waals surface area contributed by atoms with Crippen LogP contribution in [0.4, 0.5) is 0 Å². The van der Waals surface area contributed by atoms with E-state index in [1.165, 1.54) is 0 Å². The summed E-state index contributed by atoms with van der Waals surface area (Å²) in [7, 11) is 0. The first kappa shape index (κ1) is 11.4. The standard InChI is InChI=1S/C11H12ClNO3/c1-2-16-11(14)9-5-8(12)7-3-4-15-6-10(7)13-9/h5H,2-4,6H2,1H3. The van der Waals surface area contributed by atoms with Gasteiger partial charge in [-0.15, -0.1) is 0 Å². The van der Waals surface area contributed by atoms with Crippen LogP contribution in [0.15, 0.2) is 6.07 Å². The van der Waals surface area contributed by atoms with Crippen LogP contribution in [-0.2, 0) is 22.5 Å². The predicted molar refractivity (Wildman–Crippen MR) is 58.6 cm³/mol. The minimum atomic E-state index is -0.447. The molecule has 5 heteroatoms. The number of carbonyl (C=O) groups excluding carboxylic acids is 1. The van der Waals surface area contributed by atoms with Crippen LogP contribution in [0.1, 0.15) is 28.7 Å². The van der Waals surface area contributed by atoms with Gasteiger partial charge in [0.05, 0.1) is 25.5 Å². The largest absolute Gasteiger partial charge is 0.461 e. The molecule has 0 atom stereocenters. The molecular weight excluding hydrogens is 230 g/mol. The fourth-order valence-electron chi connectivity index (χ4n) is 1.63. The second-order valence-corrected chi connectivity index (χ2v) is 3.84. The number of nitrogens with zero attached hydrogens (tertiary/aromatic N) is 1. The number of halogens is 1. The molecule has 1 aliphatic rings. The summed E-state index contributed by atoms with van der Waals surface area (Å²) < 4.78 is 10.1. The first-order chi connectivity index (χ1) is 7.72. The Hall–Kier alpha value is -1.13. The summed E-state index contributed by atoms with van der Waals surface area (Å²) in [5.74, 6) is -0.447. The smallest absolute Gasteiger partial charge is 0.356 e. The van der Waals surface area contributed by atoms with Crippen molar-refractivity contribution in [2.45, 2.75) is 20.0 Å². The minimum Gasteiger partial charge on any atom is -0.461 e. The van der Waals surface area contributed by atoms with E-state index in [9.17, 15) is 4.79 Å². The lowest BCUT2D eigenvalue weighted by atomic mass is 10.1. The summed E-state index contributed by atoms with van der Waals surface area (Å²) in [4.78, 5) is 15.7. The number of carbonyl (C=O) groups is 1. The molecule has 0 spiro atoms. The van der Waals surface area contributed by atoms with Crippen molar-refractivity contribution in [3.8, 4) is 0 Å². The highest BCUT2D eigenvalue weighted by atomic mass is 35.5. The third-order valence-electron chi connectivity index (χ3n) is 2.38. The predicted octanol–water partition coefficient (Wildman–Crippen LogP) is 1.98. The molecule has 86 valence electrons. The van der Waals surface area contributed by atoms with Crippen molar-refractivity contribution in [3.63, 3.8) is 0 Å². The van der Waals surface area contributed by atoms with Crippen molar-refractivity contribution in [2.75, 3.05) is 13.2 Å². The SMILES string of the molecule is CCOC(=O)c1cc(Cl)c2c(n1)COCC2. The topological polar surface area (TPSA) is 48.4 Å². The molecular formula is C11H12ClNO3. The van der Waals surface area contributed by atoms with Gasteiger partial charge in [-0.3, -0.25) is 0 Å².